The first-order valence-electron chi connectivity index (χ1n) is 7.20. The molecule has 4 nitrogen and oxygen atoms in total. The van der Waals surface area contributed by atoms with E-state index in [4.69, 9.17) is 9.84 Å². The fraction of sp³-hybridized carbons (Fsp3) is 0.562. The van der Waals surface area contributed by atoms with Gasteiger partial charge in [-0.05, 0) is 44.4 Å². The summed E-state index contributed by atoms with van der Waals surface area (Å²) in [6, 6.07) is 7.71. The number of ether oxygens (including phenoxy) is 1. The topological polar surface area (TPSA) is 58.6 Å². The zero-order chi connectivity index (χ0) is 14.8. The summed E-state index contributed by atoms with van der Waals surface area (Å²) in [7, 11) is 0. The van der Waals surface area contributed by atoms with Gasteiger partial charge < -0.3 is 15.2 Å². The molecule has 0 spiro atoms. The largest absolute Gasteiger partial charge is 0.481 e. The van der Waals surface area contributed by atoms with E-state index in [0.29, 0.717) is 6.10 Å². The fourth-order valence-electron chi connectivity index (χ4n) is 1.85. The van der Waals surface area contributed by atoms with Crippen LogP contribution in [0.15, 0.2) is 24.3 Å². The van der Waals surface area contributed by atoms with E-state index >= 15 is 0 Å². The maximum absolute atomic E-state index is 10.6. The number of carboxylic acids is 1. The third-order valence-electron chi connectivity index (χ3n) is 2.91. The van der Waals surface area contributed by atoms with Gasteiger partial charge in [-0.1, -0.05) is 24.3 Å². The molecule has 0 aromatic heterocycles. The SMILES string of the molecule is CC(C)OCCCCNCc1ccc(CC(=O)O)cc1. The molecule has 1 aromatic rings. The van der Waals surface area contributed by atoms with Crippen LogP contribution in [-0.2, 0) is 22.5 Å². The van der Waals surface area contributed by atoms with Crippen LogP contribution in [0.25, 0.3) is 0 Å². The van der Waals surface area contributed by atoms with Crippen molar-refractivity contribution in [2.45, 2.75) is 45.8 Å². The molecule has 20 heavy (non-hydrogen) atoms. The van der Waals surface area contributed by atoms with Gasteiger partial charge in [0.05, 0.1) is 12.5 Å². The van der Waals surface area contributed by atoms with Crippen LogP contribution in [0.3, 0.4) is 0 Å². The summed E-state index contributed by atoms with van der Waals surface area (Å²) < 4.78 is 5.48. The van der Waals surface area contributed by atoms with Crippen molar-refractivity contribution in [1.82, 2.24) is 5.32 Å². The van der Waals surface area contributed by atoms with Crippen LogP contribution in [-0.4, -0.2) is 30.3 Å². The van der Waals surface area contributed by atoms with Crippen molar-refractivity contribution in [3.05, 3.63) is 35.4 Å². The van der Waals surface area contributed by atoms with Crippen molar-refractivity contribution < 1.29 is 14.6 Å². The van der Waals surface area contributed by atoms with Gasteiger partial charge in [-0.2, -0.15) is 0 Å². The van der Waals surface area contributed by atoms with E-state index < -0.39 is 5.97 Å². The second-order valence-electron chi connectivity index (χ2n) is 5.19. The number of carboxylic acid groups (broad SMARTS) is 1. The number of rotatable bonds is 10. The molecule has 4 heteroatoms. The van der Waals surface area contributed by atoms with Crippen LogP contribution < -0.4 is 5.32 Å². The fourth-order valence-corrected chi connectivity index (χ4v) is 1.85. The van der Waals surface area contributed by atoms with Crippen LogP contribution in [0.1, 0.15) is 37.8 Å². The number of unbranched alkanes of at least 4 members (excludes halogenated alkanes) is 1. The predicted molar refractivity (Wildman–Crippen MR) is 79.8 cm³/mol. The monoisotopic (exact) mass is 279 g/mol. The highest BCUT2D eigenvalue weighted by molar-refractivity contribution is 5.70. The normalized spacial score (nSPS) is 10.9. The van der Waals surface area contributed by atoms with Crippen molar-refractivity contribution >= 4 is 5.97 Å². The zero-order valence-electron chi connectivity index (χ0n) is 12.4. The van der Waals surface area contributed by atoms with Crippen LogP contribution in [0.2, 0.25) is 0 Å². The Labute approximate surface area is 121 Å². The second-order valence-corrected chi connectivity index (χ2v) is 5.19. The molecule has 0 bridgehead atoms. The summed E-state index contributed by atoms with van der Waals surface area (Å²) in [5.74, 6) is -0.792. The Morgan fingerprint density at radius 1 is 1.20 bits per heavy atom. The lowest BCUT2D eigenvalue weighted by Gasteiger charge is -2.08. The third kappa shape index (κ3) is 7.92. The molecular formula is C16H25NO3. The minimum atomic E-state index is -0.792. The second kappa shape index (κ2) is 9.50. The average Bonchev–Trinajstić information content (AvgIpc) is 2.38. The molecular weight excluding hydrogens is 254 g/mol. The number of aliphatic carboxylic acids is 1. The van der Waals surface area contributed by atoms with Crippen molar-refractivity contribution in [2.75, 3.05) is 13.2 Å². The van der Waals surface area contributed by atoms with Crippen molar-refractivity contribution in [3.8, 4) is 0 Å². The molecule has 0 aliphatic carbocycles. The van der Waals surface area contributed by atoms with E-state index in [-0.39, 0.29) is 6.42 Å². The highest BCUT2D eigenvalue weighted by atomic mass is 16.5. The molecule has 0 atom stereocenters. The number of hydrogen-bond acceptors (Lipinski definition) is 3. The molecule has 0 amide bonds. The average molecular weight is 279 g/mol. The molecule has 2 N–H and O–H groups in total. The molecule has 0 saturated carbocycles. The zero-order valence-corrected chi connectivity index (χ0v) is 12.4. The van der Waals surface area contributed by atoms with Crippen LogP contribution in [0, 0.1) is 0 Å². The first-order valence-corrected chi connectivity index (χ1v) is 7.20. The summed E-state index contributed by atoms with van der Waals surface area (Å²) in [6.45, 7) is 6.71. The first kappa shape index (κ1) is 16.7. The maximum atomic E-state index is 10.6. The van der Waals surface area contributed by atoms with Gasteiger partial charge >= 0.3 is 5.97 Å². The van der Waals surface area contributed by atoms with Gasteiger partial charge in [0, 0.05) is 13.2 Å². The van der Waals surface area contributed by atoms with Crippen LogP contribution >= 0.6 is 0 Å². The summed E-state index contributed by atoms with van der Waals surface area (Å²) in [6.07, 6.45) is 2.57. The van der Waals surface area contributed by atoms with Gasteiger partial charge in [0.2, 0.25) is 0 Å². The molecule has 0 unspecified atom stereocenters. The minimum Gasteiger partial charge on any atom is -0.481 e. The number of nitrogens with one attached hydrogen (secondary N) is 1. The molecule has 0 fully saturated rings. The van der Waals surface area contributed by atoms with Gasteiger partial charge in [-0.3, -0.25) is 4.79 Å². The molecule has 0 saturated heterocycles. The first-order chi connectivity index (χ1) is 9.58. The molecule has 1 rings (SSSR count). The van der Waals surface area contributed by atoms with E-state index in [1.165, 1.54) is 5.56 Å². The third-order valence-corrected chi connectivity index (χ3v) is 2.91. The standard InChI is InChI=1S/C16H25NO3/c1-13(2)20-10-4-3-9-17-12-15-7-5-14(6-8-15)11-16(18)19/h5-8,13,17H,3-4,9-12H2,1-2H3,(H,18,19). The summed E-state index contributed by atoms with van der Waals surface area (Å²) in [5, 5.41) is 12.1. The highest BCUT2D eigenvalue weighted by Gasteiger charge is 2.00. The van der Waals surface area contributed by atoms with E-state index in [2.05, 4.69) is 5.32 Å². The number of hydrogen-bond donors (Lipinski definition) is 2. The number of carbonyl (C=O) groups is 1. The maximum Gasteiger partial charge on any atom is 0.307 e. The van der Waals surface area contributed by atoms with Crippen molar-refractivity contribution in [2.24, 2.45) is 0 Å². The van der Waals surface area contributed by atoms with Gasteiger partial charge in [-0.25, -0.2) is 0 Å². The summed E-state index contributed by atoms with van der Waals surface area (Å²) >= 11 is 0. The van der Waals surface area contributed by atoms with E-state index in [1.54, 1.807) is 0 Å². The Balaban J connectivity index is 2.11. The smallest absolute Gasteiger partial charge is 0.307 e. The van der Waals surface area contributed by atoms with E-state index in [0.717, 1.165) is 38.1 Å². The van der Waals surface area contributed by atoms with E-state index in [1.807, 2.05) is 38.1 Å². The Hall–Kier alpha value is -1.39. The van der Waals surface area contributed by atoms with Gasteiger partial charge in [0.1, 0.15) is 0 Å². The Kier molecular flexibility index (Phi) is 7.92. The predicted octanol–water partition coefficient (Wildman–Crippen LogP) is 2.61. The minimum absolute atomic E-state index is 0.0869. The Morgan fingerprint density at radius 2 is 1.85 bits per heavy atom. The highest BCUT2D eigenvalue weighted by Crippen LogP contribution is 2.05. The lowest BCUT2D eigenvalue weighted by atomic mass is 10.1. The van der Waals surface area contributed by atoms with Crippen LogP contribution in [0.4, 0.5) is 0 Å². The number of benzene rings is 1. The Bertz CT molecular complexity index is 387. The quantitative estimate of drug-likeness (QED) is 0.646. The summed E-state index contributed by atoms with van der Waals surface area (Å²) in [5.41, 5.74) is 2.02. The lowest BCUT2D eigenvalue weighted by Crippen LogP contribution is -2.15. The lowest BCUT2D eigenvalue weighted by molar-refractivity contribution is -0.136. The molecule has 112 valence electrons. The molecule has 0 aliphatic heterocycles. The van der Waals surface area contributed by atoms with Crippen LogP contribution in [0.5, 0.6) is 0 Å². The van der Waals surface area contributed by atoms with Crippen molar-refractivity contribution in [1.29, 1.82) is 0 Å². The molecule has 0 aliphatic rings. The molecule has 0 radical (unpaired) electrons. The van der Waals surface area contributed by atoms with Gasteiger partial charge in [0.25, 0.3) is 0 Å². The van der Waals surface area contributed by atoms with Crippen molar-refractivity contribution in [3.63, 3.8) is 0 Å². The molecule has 0 heterocycles. The summed E-state index contributed by atoms with van der Waals surface area (Å²) in [4.78, 5) is 10.6. The van der Waals surface area contributed by atoms with E-state index in [9.17, 15) is 4.79 Å². The molecule has 1 aromatic carbocycles. The Morgan fingerprint density at radius 3 is 2.45 bits per heavy atom. The van der Waals surface area contributed by atoms with Gasteiger partial charge in [-0.15, -0.1) is 0 Å². The van der Waals surface area contributed by atoms with Gasteiger partial charge in [0.15, 0.2) is 0 Å².